The Hall–Kier alpha value is -2.22. The van der Waals surface area contributed by atoms with Crippen molar-refractivity contribution in [2.75, 3.05) is 0 Å². The zero-order valence-corrected chi connectivity index (χ0v) is 14.9. The standard InChI is InChI=1S/C17H10ClFN2O2S2/c18-13-4-2-1-3-12(13)15(22)20-21-16(23)14(25-17(21)24)9-10-5-7-11(19)8-6-10/h1-9H,(H,20,22). The first kappa shape index (κ1) is 17.6. The molecule has 0 bridgehead atoms. The third-order valence-corrected chi connectivity index (χ3v) is 4.93. The molecule has 25 heavy (non-hydrogen) atoms. The van der Waals surface area contributed by atoms with Crippen molar-refractivity contribution in [1.29, 1.82) is 0 Å². The van der Waals surface area contributed by atoms with Gasteiger partial charge in [0.2, 0.25) is 0 Å². The molecule has 0 atom stereocenters. The average Bonchev–Trinajstić information content (AvgIpc) is 2.85. The van der Waals surface area contributed by atoms with Gasteiger partial charge in [0, 0.05) is 0 Å². The van der Waals surface area contributed by atoms with E-state index in [4.69, 9.17) is 23.8 Å². The molecule has 1 N–H and O–H groups in total. The minimum Gasteiger partial charge on any atom is -0.267 e. The van der Waals surface area contributed by atoms with Crippen molar-refractivity contribution in [3.63, 3.8) is 0 Å². The highest BCUT2D eigenvalue weighted by Crippen LogP contribution is 2.31. The quantitative estimate of drug-likeness (QED) is 0.633. The summed E-state index contributed by atoms with van der Waals surface area (Å²) in [5, 5.41) is 1.27. The maximum absolute atomic E-state index is 13.0. The lowest BCUT2D eigenvalue weighted by Gasteiger charge is -2.16. The molecule has 8 heteroatoms. The SMILES string of the molecule is O=C(NN1C(=O)C(=Cc2ccc(F)cc2)SC1=S)c1ccccc1Cl. The number of benzene rings is 2. The normalized spacial score (nSPS) is 15.8. The molecule has 0 aliphatic carbocycles. The molecular formula is C17H10ClFN2O2S2. The summed E-state index contributed by atoms with van der Waals surface area (Å²) in [6.07, 6.45) is 1.58. The molecule has 0 unspecified atom stereocenters. The van der Waals surface area contributed by atoms with Gasteiger partial charge in [0.15, 0.2) is 4.32 Å². The van der Waals surface area contributed by atoms with Crippen LogP contribution in [-0.2, 0) is 4.79 Å². The Morgan fingerprint density at radius 1 is 1.20 bits per heavy atom. The van der Waals surface area contributed by atoms with Gasteiger partial charge in [-0.05, 0) is 48.1 Å². The van der Waals surface area contributed by atoms with E-state index in [1.165, 1.54) is 12.1 Å². The van der Waals surface area contributed by atoms with Gasteiger partial charge in [-0.15, -0.1) is 0 Å². The van der Waals surface area contributed by atoms with Crippen molar-refractivity contribution >= 4 is 57.8 Å². The van der Waals surface area contributed by atoms with Crippen LogP contribution >= 0.6 is 35.6 Å². The summed E-state index contributed by atoms with van der Waals surface area (Å²) in [5.74, 6) is -1.36. The van der Waals surface area contributed by atoms with E-state index >= 15 is 0 Å². The number of hydrazine groups is 1. The predicted octanol–water partition coefficient (Wildman–Crippen LogP) is 4.03. The highest BCUT2D eigenvalue weighted by molar-refractivity contribution is 8.26. The molecule has 0 saturated carbocycles. The monoisotopic (exact) mass is 392 g/mol. The smallest absolute Gasteiger partial charge is 0.267 e. The van der Waals surface area contributed by atoms with E-state index in [-0.39, 0.29) is 20.7 Å². The Labute approximate surface area is 157 Å². The maximum atomic E-state index is 13.0. The third kappa shape index (κ3) is 3.89. The first-order valence-electron chi connectivity index (χ1n) is 7.05. The topological polar surface area (TPSA) is 49.4 Å². The van der Waals surface area contributed by atoms with Gasteiger partial charge in [-0.3, -0.25) is 15.0 Å². The summed E-state index contributed by atoms with van der Waals surface area (Å²) < 4.78 is 13.2. The van der Waals surface area contributed by atoms with Crippen LogP contribution in [0.4, 0.5) is 4.39 Å². The number of hydrogen-bond donors (Lipinski definition) is 1. The molecular weight excluding hydrogens is 383 g/mol. The summed E-state index contributed by atoms with van der Waals surface area (Å²) >= 11 is 12.2. The van der Waals surface area contributed by atoms with Crippen LogP contribution in [0.1, 0.15) is 15.9 Å². The number of hydrogen-bond acceptors (Lipinski definition) is 4. The van der Waals surface area contributed by atoms with Crippen molar-refractivity contribution in [3.05, 3.63) is 75.4 Å². The fourth-order valence-electron chi connectivity index (χ4n) is 2.08. The molecule has 0 spiro atoms. The summed E-state index contributed by atoms with van der Waals surface area (Å²) in [7, 11) is 0. The zero-order chi connectivity index (χ0) is 18.0. The summed E-state index contributed by atoms with van der Waals surface area (Å²) in [6.45, 7) is 0. The molecule has 1 aliphatic heterocycles. The number of carbonyl (C=O) groups is 2. The number of nitrogens with one attached hydrogen (secondary N) is 1. The Bertz CT molecular complexity index is 900. The summed E-state index contributed by atoms with van der Waals surface area (Å²) in [6, 6.07) is 12.2. The van der Waals surface area contributed by atoms with Gasteiger partial charge >= 0.3 is 0 Å². The van der Waals surface area contributed by atoms with Gasteiger partial charge in [0.25, 0.3) is 11.8 Å². The molecule has 1 heterocycles. The van der Waals surface area contributed by atoms with Gasteiger partial charge in [0.1, 0.15) is 5.82 Å². The predicted molar refractivity (Wildman–Crippen MR) is 100 cm³/mol. The molecule has 0 aromatic heterocycles. The van der Waals surface area contributed by atoms with E-state index in [9.17, 15) is 14.0 Å². The summed E-state index contributed by atoms with van der Waals surface area (Å²) in [4.78, 5) is 25.1. The van der Waals surface area contributed by atoms with Crippen molar-refractivity contribution < 1.29 is 14.0 Å². The zero-order valence-electron chi connectivity index (χ0n) is 12.5. The lowest BCUT2D eigenvalue weighted by molar-refractivity contribution is -0.123. The maximum Gasteiger partial charge on any atom is 0.285 e. The Kier molecular flexibility index (Phi) is 5.17. The van der Waals surface area contributed by atoms with Crippen molar-refractivity contribution in [2.45, 2.75) is 0 Å². The lowest BCUT2D eigenvalue weighted by Crippen LogP contribution is -2.44. The number of thioether (sulfide) groups is 1. The molecule has 2 aromatic rings. The second kappa shape index (κ2) is 7.35. The van der Waals surface area contributed by atoms with Crippen molar-refractivity contribution in [2.24, 2.45) is 0 Å². The number of carbonyl (C=O) groups excluding carboxylic acids is 2. The van der Waals surface area contributed by atoms with Gasteiger partial charge in [-0.25, -0.2) is 4.39 Å². The van der Waals surface area contributed by atoms with E-state index in [1.807, 2.05) is 0 Å². The third-order valence-electron chi connectivity index (χ3n) is 3.29. The van der Waals surface area contributed by atoms with E-state index < -0.39 is 11.8 Å². The van der Waals surface area contributed by atoms with Crippen LogP contribution in [0, 0.1) is 5.82 Å². The number of halogens is 2. The van der Waals surface area contributed by atoms with Crippen molar-refractivity contribution in [3.8, 4) is 0 Å². The lowest BCUT2D eigenvalue weighted by atomic mass is 10.2. The molecule has 1 fully saturated rings. The first-order valence-corrected chi connectivity index (χ1v) is 8.65. The Morgan fingerprint density at radius 3 is 2.56 bits per heavy atom. The summed E-state index contributed by atoms with van der Waals surface area (Å²) in [5.41, 5.74) is 3.35. The molecule has 1 saturated heterocycles. The van der Waals surface area contributed by atoms with Crippen LogP contribution in [0.2, 0.25) is 5.02 Å². The number of amides is 2. The van der Waals surface area contributed by atoms with Crippen LogP contribution in [0.15, 0.2) is 53.4 Å². The molecule has 3 rings (SSSR count). The molecule has 4 nitrogen and oxygen atoms in total. The largest absolute Gasteiger partial charge is 0.285 e. The minimum absolute atomic E-state index is 0.193. The number of nitrogens with zero attached hydrogens (tertiary/aromatic N) is 1. The second-order valence-electron chi connectivity index (χ2n) is 4.99. The molecule has 0 radical (unpaired) electrons. The van der Waals surface area contributed by atoms with Crippen molar-refractivity contribution in [1.82, 2.24) is 10.4 Å². The molecule has 2 aromatic carbocycles. The second-order valence-corrected chi connectivity index (χ2v) is 7.07. The van der Waals surface area contributed by atoms with E-state index in [0.717, 1.165) is 16.8 Å². The highest BCUT2D eigenvalue weighted by atomic mass is 35.5. The van der Waals surface area contributed by atoms with E-state index in [2.05, 4.69) is 5.43 Å². The van der Waals surface area contributed by atoms with E-state index in [0.29, 0.717) is 10.5 Å². The first-order chi connectivity index (χ1) is 12.0. The van der Waals surface area contributed by atoms with Crippen LogP contribution in [0.25, 0.3) is 6.08 Å². The van der Waals surface area contributed by atoms with Gasteiger partial charge < -0.3 is 0 Å². The van der Waals surface area contributed by atoms with Gasteiger partial charge in [-0.1, -0.05) is 47.6 Å². The average molecular weight is 393 g/mol. The van der Waals surface area contributed by atoms with Crippen LogP contribution in [0.5, 0.6) is 0 Å². The fourth-order valence-corrected chi connectivity index (χ4v) is 3.48. The minimum atomic E-state index is -0.537. The van der Waals surface area contributed by atoms with E-state index in [1.54, 1.807) is 42.5 Å². The highest BCUT2D eigenvalue weighted by Gasteiger charge is 2.34. The van der Waals surface area contributed by atoms with Crippen LogP contribution < -0.4 is 5.43 Å². The number of thiocarbonyl (C=S) groups is 1. The van der Waals surface area contributed by atoms with Crippen LogP contribution in [-0.4, -0.2) is 21.1 Å². The Balaban J connectivity index is 1.79. The van der Waals surface area contributed by atoms with Gasteiger partial charge in [0.05, 0.1) is 15.5 Å². The van der Waals surface area contributed by atoms with Crippen LogP contribution in [0.3, 0.4) is 0 Å². The molecule has 2 amide bonds. The fraction of sp³-hybridized carbons (Fsp3) is 0. The number of rotatable bonds is 3. The Morgan fingerprint density at radius 2 is 1.88 bits per heavy atom. The van der Waals surface area contributed by atoms with Gasteiger partial charge in [-0.2, -0.15) is 5.01 Å². The molecule has 126 valence electrons. The molecule has 1 aliphatic rings.